The summed E-state index contributed by atoms with van der Waals surface area (Å²) in [5.74, 6) is -3.43. The van der Waals surface area contributed by atoms with Crippen LogP contribution in [0.5, 0.6) is 0 Å². The number of rotatable bonds is 20. The Morgan fingerprint density at radius 2 is 1.39 bits per heavy atom. The van der Waals surface area contributed by atoms with Crippen LogP contribution in [-0.4, -0.2) is 113 Å². The molecule has 1 heterocycles. The number of piperidine rings is 1. The van der Waals surface area contributed by atoms with E-state index < -0.39 is 72.4 Å². The first-order valence-corrected chi connectivity index (χ1v) is 16.9. The number of amides is 4. The zero-order chi connectivity index (χ0) is 37.7. The summed E-state index contributed by atoms with van der Waals surface area (Å²) in [5.41, 5.74) is -1.11. The number of likely N-dealkylation sites (N-methyl/N-ethyl adjacent to an activating group) is 1. The van der Waals surface area contributed by atoms with Crippen molar-refractivity contribution in [2.75, 3.05) is 20.4 Å². The summed E-state index contributed by atoms with van der Waals surface area (Å²) in [4.78, 5) is 74.3. The minimum atomic E-state index is -1.59. The number of nitrogens with zero attached hydrogens (tertiary/aromatic N) is 1. The second-order valence-electron chi connectivity index (χ2n) is 14.9. The number of ether oxygens (including phenoxy) is 2. The maximum absolute atomic E-state index is 13.0. The molecule has 0 aromatic carbocycles. The fraction of sp³-hybridized carbons (Fsp3) is 0.818. The molecule has 4 amide bonds. The van der Waals surface area contributed by atoms with Crippen molar-refractivity contribution in [3.8, 4) is 0 Å². The number of carbonyl (C=O) groups excluding carboxylic acids is 6. The van der Waals surface area contributed by atoms with Gasteiger partial charge >= 0.3 is 5.97 Å². The highest BCUT2D eigenvalue weighted by atomic mass is 16.7. The Morgan fingerprint density at radius 1 is 0.837 bits per heavy atom. The lowest BCUT2D eigenvalue weighted by molar-refractivity contribution is -0.246. The van der Waals surface area contributed by atoms with Crippen LogP contribution in [0.25, 0.3) is 0 Å². The molecule has 0 saturated carbocycles. The molecular weight excluding hydrogens is 640 g/mol. The quantitative estimate of drug-likeness (QED) is 0.0524. The molecule has 4 unspecified atom stereocenters. The standard InChI is InChI=1S/C33H60N6O10/c1-19(2)11-23(37-27(42)13-21(5)40)30(45)48-18-49-31(46)24(12-20(3)4)38-28(43)14-26(41)35-17-25(34-10)29(44)36-22-15-32(6,7)39(47)33(8,9)16-22/h19-20,22-25,31,34,46-47H,11-18H2,1-10H3,(H,35,41)(H,36,44)(H,37,42)(H,38,43). The zero-order valence-corrected chi connectivity index (χ0v) is 30.8. The van der Waals surface area contributed by atoms with Gasteiger partial charge in [0.05, 0.1) is 12.5 Å². The van der Waals surface area contributed by atoms with Crippen LogP contribution >= 0.6 is 0 Å². The molecule has 282 valence electrons. The van der Waals surface area contributed by atoms with Gasteiger partial charge < -0.3 is 46.4 Å². The second kappa shape index (κ2) is 19.9. The van der Waals surface area contributed by atoms with Crippen LogP contribution in [0, 0.1) is 11.8 Å². The number of Topliss-reactive ketones (excluding diaryl/α,β-unsaturated/α-hetero) is 1. The summed E-state index contributed by atoms with van der Waals surface area (Å²) < 4.78 is 10.4. The number of esters is 1. The topological polar surface area (TPSA) is 225 Å². The Kier molecular flexibility index (Phi) is 17.8. The number of ketones is 1. The average molecular weight is 701 g/mol. The Labute approximate surface area is 290 Å². The molecular formula is C33H60N6O10. The van der Waals surface area contributed by atoms with Gasteiger partial charge in [0, 0.05) is 23.7 Å². The molecule has 0 aromatic heterocycles. The SMILES string of the molecule is CNC(CNC(=O)CC(=O)NC(CC(C)C)C(O)OCOC(=O)C(CC(C)C)NC(=O)CC(C)=O)C(=O)NC1CC(C)(C)N(O)C(C)(C)C1. The van der Waals surface area contributed by atoms with Gasteiger partial charge in [-0.15, -0.1) is 0 Å². The number of nitrogens with one attached hydrogen (secondary N) is 5. The van der Waals surface area contributed by atoms with Crippen molar-refractivity contribution in [2.45, 2.75) is 142 Å². The molecule has 0 radical (unpaired) electrons. The molecule has 0 aromatic rings. The van der Waals surface area contributed by atoms with Crippen molar-refractivity contribution in [3.63, 3.8) is 0 Å². The van der Waals surface area contributed by atoms with Crippen molar-refractivity contribution < 1.29 is 48.6 Å². The maximum Gasteiger partial charge on any atom is 0.330 e. The molecule has 0 aliphatic carbocycles. The van der Waals surface area contributed by atoms with Crippen LogP contribution in [-0.2, 0) is 38.2 Å². The third kappa shape index (κ3) is 15.9. The van der Waals surface area contributed by atoms with E-state index in [1.54, 1.807) is 7.05 Å². The van der Waals surface area contributed by atoms with Crippen LogP contribution in [0.2, 0.25) is 0 Å². The third-order valence-electron chi connectivity index (χ3n) is 8.07. The summed E-state index contributed by atoms with van der Waals surface area (Å²) in [5, 5.41) is 36.0. The fourth-order valence-corrected chi connectivity index (χ4v) is 5.97. The summed E-state index contributed by atoms with van der Waals surface area (Å²) in [6, 6.07) is -2.95. The lowest BCUT2D eigenvalue weighted by atomic mass is 9.79. The predicted octanol–water partition coefficient (Wildman–Crippen LogP) is 0.484. The molecule has 1 saturated heterocycles. The molecule has 1 aliphatic heterocycles. The minimum absolute atomic E-state index is 0.00232. The van der Waals surface area contributed by atoms with Gasteiger partial charge in [0.1, 0.15) is 24.3 Å². The third-order valence-corrected chi connectivity index (χ3v) is 8.07. The van der Waals surface area contributed by atoms with Crippen LogP contribution in [0.4, 0.5) is 0 Å². The molecule has 16 heteroatoms. The predicted molar refractivity (Wildman–Crippen MR) is 180 cm³/mol. The monoisotopic (exact) mass is 700 g/mol. The van der Waals surface area contributed by atoms with Crippen molar-refractivity contribution in [1.82, 2.24) is 31.6 Å². The molecule has 1 aliphatic rings. The van der Waals surface area contributed by atoms with Crippen LogP contribution < -0.4 is 26.6 Å². The number of hydrogen-bond donors (Lipinski definition) is 7. The number of carbonyl (C=O) groups is 6. The highest BCUT2D eigenvalue weighted by Gasteiger charge is 2.45. The molecule has 0 bridgehead atoms. The lowest BCUT2D eigenvalue weighted by Crippen LogP contribution is -2.64. The second-order valence-corrected chi connectivity index (χ2v) is 14.9. The number of hydrogen-bond acceptors (Lipinski definition) is 12. The van der Waals surface area contributed by atoms with Crippen LogP contribution in [0.1, 0.15) is 101 Å². The smallest absolute Gasteiger partial charge is 0.330 e. The highest BCUT2D eigenvalue weighted by Crippen LogP contribution is 2.36. The van der Waals surface area contributed by atoms with Gasteiger partial charge in [-0.1, -0.05) is 27.7 Å². The molecule has 7 N–H and O–H groups in total. The van der Waals surface area contributed by atoms with Gasteiger partial charge in [-0.05, 0) is 79.2 Å². The van der Waals surface area contributed by atoms with E-state index in [1.165, 1.54) is 12.0 Å². The molecule has 1 rings (SSSR count). The Balaban J connectivity index is 2.67. The summed E-state index contributed by atoms with van der Waals surface area (Å²) in [6.45, 7) is 15.5. The van der Waals surface area contributed by atoms with Crippen molar-refractivity contribution in [2.24, 2.45) is 11.8 Å². The first-order chi connectivity index (χ1) is 22.6. The molecule has 16 nitrogen and oxygen atoms in total. The number of aliphatic hydroxyl groups is 1. The van der Waals surface area contributed by atoms with E-state index >= 15 is 0 Å². The van der Waals surface area contributed by atoms with E-state index in [0.717, 1.165) is 0 Å². The first-order valence-electron chi connectivity index (χ1n) is 16.9. The molecule has 0 spiro atoms. The highest BCUT2D eigenvalue weighted by molar-refractivity contribution is 5.98. The van der Waals surface area contributed by atoms with Gasteiger partial charge in [-0.3, -0.25) is 24.0 Å². The van der Waals surface area contributed by atoms with Crippen molar-refractivity contribution >= 4 is 35.4 Å². The normalized spacial score (nSPS) is 18.6. The Morgan fingerprint density at radius 3 is 1.90 bits per heavy atom. The summed E-state index contributed by atoms with van der Waals surface area (Å²) >= 11 is 0. The van der Waals surface area contributed by atoms with Gasteiger partial charge in [-0.2, -0.15) is 5.06 Å². The average Bonchev–Trinajstić information content (AvgIpc) is 2.94. The van der Waals surface area contributed by atoms with E-state index in [0.29, 0.717) is 12.8 Å². The van der Waals surface area contributed by atoms with Crippen molar-refractivity contribution in [1.29, 1.82) is 0 Å². The van der Waals surface area contributed by atoms with Gasteiger partial charge in [0.25, 0.3) is 0 Å². The lowest BCUT2D eigenvalue weighted by Gasteiger charge is -2.51. The van der Waals surface area contributed by atoms with Crippen molar-refractivity contribution in [3.05, 3.63) is 0 Å². The minimum Gasteiger partial charge on any atom is -0.437 e. The Bertz CT molecular complexity index is 1130. The van der Waals surface area contributed by atoms with Crippen LogP contribution in [0.3, 0.4) is 0 Å². The molecule has 49 heavy (non-hydrogen) atoms. The first kappa shape index (κ1) is 43.8. The van der Waals surface area contributed by atoms with E-state index in [1.807, 2.05) is 55.4 Å². The maximum atomic E-state index is 13.0. The van der Waals surface area contributed by atoms with E-state index in [-0.39, 0.29) is 55.4 Å². The molecule has 1 fully saturated rings. The fourth-order valence-electron chi connectivity index (χ4n) is 5.97. The van der Waals surface area contributed by atoms with Crippen LogP contribution in [0.15, 0.2) is 0 Å². The summed E-state index contributed by atoms with van der Waals surface area (Å²) in [6.07, 6.45) is -0.984. The van der Waals surface area contributed by atoms with E-state index in [2.05, 4.69) is 26.6 Å². The van der Waals surface area contributed by atoms with Gasteiger partial charge in [0.15, 0.2) is 13.1 Å². The Hall–Kier alpha value is -3.18. The number of aliphatic hydroxyl groups excluding tert-OH is 1. The number of hydroxylamine groups is 2. The van der Waals surface area contributed by atoms with Gasteiger partial charge in [0.2, 0.25) is 23.6 Å². The summed E-state index contributed by atoms with van der Waals surface area (Å²) in [7, 11) is 1.58. The van der Waals surface area contributed by atoms with Gasteiger partial charge in [-0.25, -0.2) is 4.79 Å². The zero-order valence-electron chi connectivity index (χ0n) is 30.8. The van der Waals surface area contributed by atoms with E-state index in [9.17, 15) is 39.1 Å². The largest absolute Gasteiger partial charge is 0.437 e. The molecule has 4 atom stereocenters. The van der Waals surface area contributed by atoms with E-state index in [4.69, 9.17) is 9.47 Å².